The topological polar surface area (TPSA) is 81.2 Å². The van der Waals surface area contributed by atoms with Crippen LogP contribution in [0, 0.1) is 0 Å². The summed E-state index contributed by atoms with van der Waals surface area (Å²) >= 11 is 5.18. The number of hydrazone groups is 1. The van der Waals surface area contributed by atoms with Crippen LogP contribution in [0.4, 0.5) is 5.69 Å². The van der Waals surface area contributed by atoms with Gasteiger partial charge in [0.25, 0.3) is 0 Å². The fraction of sp³-hybridized carbons (Fsp3) is 0.167. The molecule has 2 aromatic carbocycles. The van der Waals surface area contributed by atoms with E-state index in [-0.39, 0.29) is 5.11 Å². The number of benzene rings is 2. The lowest BCUT2D eigenvalue weighted by molar-refractivity contribution is 0.0601. The molecular weight excluding hydrogens is 354 g/mol. The van der Waals surface area contributed by atoms with Gasteiger partial charge in [0, 0.05) is 5.69 Å². The second kappa shape index (κ2) is 9.38. The van der Waals surface area contributed by atoms with Crippen molar-refractivity contribution in [2.75, 3.05) is 26.6 Å². The Balaban J connectivity index is 1.96. The zero-order valence-corrected chi connectivity index (χ0v) is 15.4. The Hall–Kier alpha value is -3.13. The van der Waals surface area contributed by atoms with Gasteiger partial charge in [-0.15, -0.1) is 0 Å². The Labute approximate surface area is 157 Å². The van der Waals surface area contributed by atoms with E-state index in [1.165, 1.54) is 7.11 Å². The van der Waals surface area contributed by atoms with Gasteiger partial charge in [0.05, 0.1) is 33.1 Å². The molecule has 0 unspecified atom stereocenters. The second-order valence-electron chi connectivity index (χ2n) is 5.01. The Morgan fingerprint density at radius 2 is 1.85 bits per heavy atom. The number of methoxy groups -OCH3 is 3. The van der Waals surface area contributed by atoms with Crippen molar-refractivity contribution in [3.8, 4) is 11.5 Å². The van der Waals surface area contributed by atoms with Gasteiger partial charge in [0.1, 0.15) is 0 Å². The van der Waals surface area contributed by atoms with Crippen LogP contribution in [-0.4, -0.2) is 38.6 Å². The third kappa shape index (κ3) is 5.18. The highest BCUT2D eigenvalue weighted by molar-refractivity contribution is 7.80. The first-order chi connectivity index (χ1) is 12.6. The molecule has 0 saturated heterocycles. The Kier molecular flexibility index (Phi) is 6.92. The van der Waals surface area contributed by atoms with Crippen LogP contribution < -0.4 is 20.2 Å². The number of nitrogens with one attached hydrogen (secondary N) is 2. The first-order valence-corrected chi connectivity index (χ1v) is 7.98. The summed E-state index contributed by atoms with van der Waals surface area (Å²) in [5, 5.41) is 7.30. The summed E-state index contributed by atoms with van der Waals surface area (Å²) in [5.41, 5.74) is 4.59. The molecule has 0 aliphatic carbocycles. The number of carbonyl (C=O) groups is 1. The molecular formula is C18H19N3O4S. The first kappa shape index (κ1) is 19.2. The van der Waals surface area contributed by atoms with Crippen LogP contribution in [0.25, 0.3) is 0 Å². The molecule has 2 rings (SSSR count). The number of carbonyl (C=O) groups excluding carboxylic acids is 1. The fourth-order valence-electron chi connectivity index (χ4n) is 2.10. The molecule has 7 nitrogen and oxygen atoms in total. The van der Waals surface area contributed by atoms with E-state index in [1.54, 1.807) is 56.8 Å². The van der Waals surface area contributed by atoms with Crippen LogP contribution in [0.5, 0.6) is 11.5 Å². The van der Waals surface area contributed by atoms with Crippen LogP contribution in [0.1, 0.15) is 15.9 Å². The summed E-state index contributed by atoms with van der Waals surface area (Å²) in [4.78, 5) is 11.5. The van der Waals surface area contributed by atoms with Crippen LogP contribution in [0.15, 0.2) is 47.6 Å². The van der Waals surface area contributed by atoms with Crippen molar-refractivity contribution in [1.29, 1.82) is 0 Å². The van der Waals surface area contributed by atoms with Crippen LogP contribution in [-0.2, 0) is 4.74 Å². The van der Waals surface area contributed by atoms with Crippen molar-refractivity contribution in [2.24, 2.45) is 5.10 Å². The number of esters is 1. The molecule has 2 N–H and O–H groups in total. The highest BCUT2D eigenvalue weighted by Gasteiger charge is 2.06. The third-order valence-electron chi connectivity index (χ3n) is 3.33. The molecule has 0 heterocycles. The molecule has 0 aliphatic heterocycles. The van der Waals surface area contributed by atoms with E-state index in [9.17, 15) is 4.79 Å². The minimum atomic E-state index is -0.418. The van der Waals surface area contributed by atoms with Gasteiger partial charge in [-0.25, -0.2) is 4.79 Å². The molecule has 0 fully saturated rings. The molecule has 0 aliphatic rings. The molecule has 0 atom stereocenters. The van der Waals surface area contributed by atoms with Gasteiger partial charge in [-0.05, 0) is 54.2 Å². The van der Waals surface area contributed by atoms with Gasteiger partial charge in [0.15, 0.2) is 16.6 Å². The van der Waals surface area contributed by atoms with E-state index in [0.717, 1.165) is 5.56 Å². The van der Waals surface area contributed by atoms with Gasteiger partial charge < -0.3 is 19.5 Å². The number of nitrogens with zero attached hydrogens (tertiary/aromatic N) is 1. The summed E-state index contributed by atoms with van der Waals surface area (Å²) in [6.45, 7) is 0. The molecule has 0 bridgehead atoms. The number of hydrogen-bond acceptors (Lipinski definition) is 6. The largest absolute Gasteiger partial charge is 0.493 e. The minimum Gasteiger partial charge on any atom is -0.493 e. The summed E-state index contributed by atoms with van der Waals surface area (Å²) in [6.07, 6.45) is 1.60. The van der Waals surface area contributed by atoms with E-state index in [1.807, 2.05) is 6.07 Å². The van der Waals surface area contributed by atoms with Crippen molar-refractivity contribution >= 4 is 35.2 Å². The maximum atomic E-state index is 11.5. The lowest BCUT2D eigenvalue weighted by atomic mass is 10.2. The molecule has 0 spiro atoms. The normalized spacial score (nSPS) is 10.3. The zero-order valence-electron chi connectivity index (χ0n) is 14.6. The first-order valence-electron chi connectivity index (χ1n) is 7.58. The van der Waals surface area contributed by atoms with Crippen LogP contribution in [0.3, 0.4) is 0 Å². The average molecular weight is 373 g/mol. The molecule has 0 radical (unpaired) electrons. The van der Waals surface area contributed by atoms with E-state index in [0.29, 0.717) is 22.7 Å². The SMILES string of the molecule is COC(=O)c1cccc(NC(=S)NN=Cc2ccc(OC)c(OC)c2)c1. The Bertz CT molecular complexity index is 824. The number of thiocarbonyl (C=S) groups is 1. The summed E-state index contributed by atoms with van der Waals surface area (Å²) < 4.78 is 15.1. The van der Waals surface area contributed by atoms with Crippen LogP contribution in [0.2, 0.25) is 0 Å². The molecule has 136 valence electrons. The Morgan fingerprint density at radius 1 is 1.08 bits per heavy atom. The monoisotopic (exact) mass is 373 g/mol. The van der Waals surface area contributed by atoms with Crippen molar-refractivity contribution in [2.45, 2.75) is 0 Å². The highest BCUT2D eigenvalue weighted by atomic mass is 32.1. The lowest BCUT2D eigenvalue weighted by Crippen LogP contribution is -2.24. The summed E-state index contributed by atoms with van der Waals surface area (Å²) in [5.74, 6) is 0.830. The molecule has 0 saturated carbocycles. The molecule has 2 aromatic rings. The second-order valence-corrected chi connectivity index (χ2v) is 5.42. The predicted octanol–water partition coefficient (Wildman–Crippen LogP) is 2.81. The smallest absolute Gasteiger partial charge is 0.337 e. The van der Waals surface area contributed by atoms with Gasteiger partial charge in [-0.3, -0.25) is 5.43 Å². The number of ether oxygens (including phenoxy) is 3. The molecule has 0 aromatic heterocycles. The third-order valence-corrected chi connectivity index (χ3v) is 3.52. The van der Waals surface area contributed by atoms with E-state index >= 15 is 0 Å². The van der Waals surface area contributed by atoms with Crippen molar-refractivity contribution in [3.63, 3.8) is 0 Å². The van der Waals surface area contributed by atoms with Crippen molar-refractivity contribution in [1.82, 2.24) is 5.43 Å². The number of rotatable bonds is 6. The van der Waals surface area contributed by atoms with Gasteiger partial charge in [0.2, 0.25) is 0 Å². The lowest BCUT2D eigenvalue weighted by Gasteiger charge is -2.09. The predicted molar refractivity (Wildman–Crippen MR) is 104 cm³/mol. The van der Waals surface area contributed by atoms with Crippen molar-refractivity contribution in [3.05, 3.63) is 53.6 Å². The zero-order chi connectivity index (χ0) is 18.9. The van der Waals surface area contributed by atoms with Crippen LogP contribution >= 0.6 is 12.2 Å². The quantitative estimate of drug-likeness (QED) is 0.349. The van der Waals surface area contributed by atoms with E-state index < -0.39 is 5.97 Å². The van der Waals surface area contributed by atoms with Gasteiger partial charge in [-0.2, -0.15) is 5.10 Å². The minimum absolute atomic E-state index is 0.281. The van der Waals surface area contributed by atoms with E-state index in [4.69, 9.17) is 21.7 Å². The number of anilines is 1. The summed E-state index contributed by atoms with van der Waals surface area (Å²) in [7, 11) is 4.47. The molecule has 8 heteroatoms. The Morgan fingerprint density at radius 3 is 2.54 bits per heavy atom. The average Bonchev–Trinajstić information content (AvgIpc) is 2.67. The fourth-order valence-corrected chi connectivity index (χ4v) is 2.27. The standard InChI is InChI=1S/C18H19N3O4S/c1-23-15-8-7-12(9-16(15)24-2)11-19-21-18(26)20-14-6-4-5-13(10-14)17(22)25-3/h4-11H,1-3H3,(H2,20,21,26). The summed E-state index contributed by atoms with van der Waals surface area (Å²) in [6, 6.07) is 12.2. The van der Waals surface area contributed by atoms with Gasteiger partial charge in [-0.1, -0.05) is 6.07 Å². The number of hydrogen-bond donors (Lipinski definition) is 2. The maximum absolute atomic E-state index is 11.5. The molecule has 0 amide bonds. The van der Waals surface area contributed by atoms with E-state index in [2.05, 4.69) is 20.6 Å². The molecule has 26 heavy (non-hydrogen) atoms. The van der Waals surface area contributed by atoms with Crippen molar-refractivity contribution < 1.29 is 19.0 Å². The maximum Gasteiger partial charge on any atom is 0.337 e. The van der Waals surface area contributed by atoms with Gasteiger partial charge >= 0.3 is 5.97 Å². The highest BCUT2D eigenvalue weighted by Crippen LogP contribution is 2.26.